The first-order valence-corrected chi connectivity index (χ1v) is 4.80. The minimum atomic E-state index is -0.921. The first-order valence-electron chi connectivity index (χ1n) is 4.80. The molecule has 0 aliphatic rings. The van der Waals surface area contributed by atoms with E-state index >= 15 is 0 Å². The van der Waals surface area contributed by atoms with Gasteiger partial charge in [-0.2, -0.15) is 0 Å². The molecule has 83 valence electrons. The predicted octanol–water partition coefficient (Wildman–Crippen LogP) is 1.89. The predicted molar refractivity (Wildman–Crippen MR) is 64.3 cm³/mol. The van der Waals surface area contributed by atoms with Crippen LogP contribution in [0.2, 0.25) is 0 Å². The number of allylic oxidation sites excluding steroid dienone is 2. The monoisotopic (exact) mass is 208 g/mol. The highest BCUT2D eigenvalue weighted by molar-refractivity contribution is 6.34. The van der Waals surface area contributed by atoms with Crippen molar-refractivity contribution >= 4 is 13.7 Å². The van der Waals surface area contributed by atoms with Crippen molar-refractivity contribution in [3.8, 4) is 0 Å². The summed E-state index contributed by atoms with van der Waals surface area (Å²) in [6.07, 6.45) is 2.82. The lowest BCUT2D eigenvalue weighted by molar-refractivity contribution is -0.0894. The van der Waals surface area contributed by atoms with E-state index < -0.39 is 11.2 Å². The first kappa shape index (κ1) is 14.1. The Morgan fingerprint density at radius 2 is 1.93 bits per heavy atom. The standard InChI is InChI=1S/C11H19BNO2/c1-9(8-13)6-7-12-15-11(4,5)10(2,3)14/h6-8,13-14H,1H2,2-5H3/b7-6+,13-8?. The second-order valence-electron chi connectivity index (χ2n) is 4.40. The van der Waals surface area contributed by atoms with E-state index in [-0.39, 0.29) is 0 Å². The lowest BCUT2D eigenvalue weighted by Crippen LogP contribution is -2.47. The summed E-state index contributed by atoms with van der Waals surface area (Å²) in [4.78, 5) is 0. The lowest BCUT2D eigenvalue weighted by atomic mass is 9.86. The Morgan fingerprint density at radius 1 is 1.40 bits per heavy atom. The number of hydrogen-bond acceptors (Lipinski definition) is 3. The maximum absolute atomic E-state index is 9.78. The van der Waals surface area contributed by atoms with E-state index in [0.29, 0.717) is 5.57 Å². The molecular formula is C11H19BNO2. The van der Waals surface area contributed by atoms with E-state index in [9.17, 15) is 5.11 Å². The molecule has 4 heteroatoms. The van der Waals surface area contributed by atoms with Gasteiger partial charge in [0.25, 0.3) is 0 Å². The summed E-state index contributed by atoms with van der Waals surface area (Å²) in [6, 6.07) is 0. The summed E-state index contributed by atoms with van der Waals surface area (Å²) in [5.41, 5.74) is -0.991. The number of nitrogens with one attached hydrogen (secondary N) is 1. The summed E-state index contributed by atoms with van der Waals surface area (Å²) in [7, 11) is 1.49. The van der Waals surface area contributed by atoms with Gasteiger partial charge in [-0.3, -0.25) is 0 Å². The first-order chi connectivity index (χ1) is 6.70. The molecule has 0 spiro atoms. The van der Waals surface area contributed by atoms with Crippen molar-refractivity contribution in [3.63, 3.8) is 0 Å². The van der Waals surface area contributed by atoms with E-state index in [1.54, 1.807) is 25.9 Å². The zero-order valence-corrected chi connectivity index (χ0v) is 9.87. The molecule has 0 bridgehead atoms. The highest BCUT2D eigenvalue weighted by atomic mass is 16.5. The van der Waals surface area contributed by atoms with Crippen molar-refractivity contribution in [1.82, 2.24) is 0 Å². The fraction of sp³-hybridized carbons (Fsp3) is 0.545. The molecule has 0 saturated heterocycles. The van der Waals surface area contributed by atoms with Crippen LogP contribution in [0.4, 0.5) is 0 Å². The SMILES string of the molecule is C=C(C=N)/C=C/[B]OC(C)(C)C(C)(C)O. The van der Waals surface area contributed by atoms with Crippen molar-refractivity contribution in [2.45, 2.75) is 38.9 Å². The Hall–Kier alpha value is -0.865. The van der Waals surface area contributed by atoms with Gasteiger partial charge in [0.05, 0.1) is 11.2 Å². The molecule has 2 N–H and O–H groups in total. The van der Waals surface area contributed by atoms with Crippen LogP contribution in [-0.2, 0) is 4.65 Å². The van der Waals surface area contributed by atoms with Crippen LogP contribution in [0.15, 0.2) is 24.2 Å². The van der Waals surface area contributed by atoms with Crippen molar-refractivity contribution in [2.75, 3.05) is 0 Å². The third-order valence-electron chi connectivity index (χ3n) is 2.41. The van der Waals surface area contributed by atoms with Gasteiger partial charge in [-0.15, -0.1) is 0 Å². The quantitative estimate of drug-likeness (QED) is 0.398. The van der Waals surface area contributed by atoms with Crippen LogP contribution >= 0.6 is 0 Å². The van der Waals surface area contributed by atoms with Crippen molar-refractivity contribution in [2.24, 2.45) is 0 Å². The lowest BCUT2D eigenvalue weighted by Gasteiger charge is -2.37. The van der Waals surface area contributed by atoms with E-state index in [4.69, 9.17) is 10.1 Å². The number of rotatable bonds is 6. The fourth-order valence-electron chi connectivity index (χ4n) is 0.565. The highest BCUT2D eigenvalue weighted by Crippen LogP contribution is 2.24. The van der Waals surface area contributed by atoms with Gasteiger partial charge in [-0.05, 0) is 33.3 Å². The Morgan fingerprint density at radius 3 is 2.33 bits per heavy atom. The molecule has 15 heavy (non-hydrogen) atoms. The van der Waals surface area contributed by atoms with Gasteiger partial charge in [0.15, 0.2) is 0 Å². The molecule has 0 saturated carbocycles. The summed E-state index contributed by atoms with van der Waals surface area (Å²) in [5.74, 6) is 1.65. The molecule has 0 fully saturated rings. The molecule has 1 radical (unpaired) electrons. The molecule has 0 aromatic rings. The average Bonchev–Trinajstić information content (AvgIpc) is 2.10. The molecule has 0 amide bonds. The second kappa shape index (κ2) is 5.28. The van der Waals surface area contributed by atoms with Crippen molar-refractivity contribution in [3.05, 3.63) is 24.2 Å². The van der Waals surface area contributed by atoms with Gasteiger partial charge in [0, 0.05) is 6.21 Å². The van der Waals surface area contributed by atoms with Crippen molar-refractivity contribution in [1.29, 1.82) is 5.41 Å². The molecule has 3 nitrogen and oxygen atoms in total. The molecule has 0 unspecified atom stereocenters. The molecule has 0 aromatic heterocycles. The fourth-order valence-corrected chi connectivity index (χ4v) is 0.565. The molecule has 0 aliphatic carbocycles. The Bertz CT molecular complexity index is 264. The minimum Gasteiger partial charge on any atom is -0.427 e. The van der Waals surface area contributed by atoms with Crippen LogP contribution in [0.25, 0.3) is 0 Å². The molecule has 0 aromatic carbocycles. The van der Waals surface area contributed by atoms with Crippen LogP contribution in [0.1, 0.15) is 27.7 Å². The second-order valence-corrected chi connectivity index (χ2v) is 4.40. The summed E-state index contributed by atoms with van der Waals surface area (Å²) < 4.78 is 5.41. The van der Waals surface area contributed by atoms with Gasteiger partial charge in [-0.25, -0.2) is 0 Å². The minimum absolute atomic E-state index is 0.593. The van der Waals surface area contributed by atoms with E-state index in [0.717, 1.165) is 6.21 Å². The van der Waals surface area contributed by atoms with E-state index in [1.807, 2.05) is 13.8 Å². The van der Waals surface area contributed by atoms with Crippen LogP contribution in [0.3, 0.4) is 0 Å². The number of hydrogen-bond donors (Lipinski definition) is 2. The Balaban J connectivity index is 4.12. The third kappa shape index (κ3) is 4.95. The number of aliphatic hydroxyl groups is 1. The van der Waals surface area contributed by atoms with Crippen LogP contribution in [0.5, 0.6) is 0 Å². The van der Waals surface area contributed by atoms with E-state index in [1.165, 1.54) is 7.48 Å². The van der Waals surface area contributed by atoms with E-state index in [2.05, 4.69) is 6.58 Å². The molecule has 0 rings (SSSR count). The maximum Gasteiger partial charge on any atom is 0.323 e. The average molecular weight is 208 g/mol. The zero-order valence-electron chi connectivity index (χ0n) is 9.87. The molecular weight excluding hydrogens is 189 g/mol. The molecule has 0 atom stereocenters. The van der Waals surface area contributed by atoms with Gasteiger partial charge in [0.2, 0.25) is 0 Å². The van der Waals surface area contributed by atoms with Gasteiger partial charge >= 0.3 is 7.48 Å². The topological polar surface area (TPSA) is 53.3 Å². The zero-order chi connectivity index (χ0) is 12.1. The largest absolute Gasteiger partial charge is 0.427 e. The third-order valence-corrected chi connectivity index (χ3v) is 2.41. The summed E-state index contributed by atoms with van der Waals surface area (Å²) >= 11 is 0. The van der Waals surface area contributed by atoms with Gasteiger partial charge < -0.3 is 15.2 Å². The molecule has 0 heterocycles. The van der Waals surface area contributed by atoms with Crippen LogP contribution in [0, 0.1) is 5.41 Å². The van der Waals surface area contributed by atoms with Crippen LogP contribution in [-0.4, -0.2) is 30.0 Å². The smallest absolute Gasteiger partial charge is 0.323 e. The summed E-state index contributed by atoms with van der Waals surface area (Å²) in [6.45, 7) is 10.6. The maximum atomic E-state index is 9.78. The van der Waals surface area contributed by atoms with Crippen molar-refractivity contribution < 1.29 is 9.76 Å². The Kier molecular flexibility index (Phi) is 4.98. The van der Waals surface area contributed by atoms with Gasteiger partial charge in [-0.1, -0.05) is 18.6 Å². The van der Waals surface area contributed by atoms with Gasteiger partial charge in [0.1, 0.15) is 0 Å². The molecule has 0 aliphatic heterocycles. The highest BCUT2D eigenvalue weighted by Gasteiger charge is 2.35. The normalized spacial score (nSPS) is 12.9. The van der Waals surface area contributed by atoms with Crippen LogP contribution < -0.4 is 0 Å². The Labute approximate surface area is 92.6 Å². The summed E-state index contributed by atoms with van der Waals surface area (Å²) in [5, 5.41) is 16.7.